The van der Waals surface area contributed by atoms with Crippen LogP contribution in [0.2, 0.25) is 0 Å². The normalized spacial score (nSPS) is 15.8. The van der Waals surface area contributed by atoms with Gasteiger partial charge in [0, 0.05) is 6.54 Å². The van der Waals surface area contributed by atoms with E-state index in [0.717, 1.165) is 6.54 Å². The molecule has 0 aromatic heterocycles. The average molecular weight is 270 g/mol. The van der Waals surface area contributed by atoms with Crippen molar-refractivity contribution in [1.82, 2.24) is 4.90 Å². The Kier molecular flexibility index (Phi) is 6.16. The first-order valence-corrected chi connectivity index (χ1v) is 6.19. The molecular formula is C14H20ClNO2. The molecule has 0 aliphatic carbocycles. The van der Waals surface area contributed by atoms with E-state index in [2.05, 4.69) is 9.64 Å². The minimum absolute atomic E-state index is 0. The largest absolute Gasteiger partial charge is 0.465 e. The minimum Gasteiger partial charge on any atom is -0.465 e. The van der Waals surface area contributed by atoms with Gasteiger partial charge in [0.15, 0.2) is 0 Å². The van der Waals surface area contributed by atoms with Gasteiger partial charge in [-0.3, -0.25) is 4.90 Å². The molecule has 18 heavy (non-hydrogen) atoms. The van der Waals surface area contributed by atoms with Gasteiger partial charge in [-0.05, 0) is 43.6 Å². The van der Waals surface area contributed by atoms with Gasteiger partial charge >= 0.3 is 5.97 Å². The zero-order chi connectivity index (χ0) is 12.1. The number of hydrogen-bond donors (Lipinski definition) is 0. The standard InChI is InChI=1S/C14H19NO2.ClH/c1-17-14(16)13-7-5-12(6-8-13)11-15-9-3-2-4-10-15;/h5-8H,2-4,9-11H2,1H3;1H. The summed E-state index contributed by atoms with van der Waals surface area (Å²) in [6.07, 6.45) is 3.97. The Bertz CT molecular complexity index is 372. The van der Waals surface area contributed by atoms with Gasteiger partial charge in [-0.15, -0.1) is 12.4 Å². The average Bonchev–Trinajstić information content (AvgIpc) is 2.40. The lowest BCUT2D eigenvalue weighted by Gasteiger charge is -2.26. The molecule has 0 unspecified atom stereocenters. The van der Waals surface area contributed by atoms with Crippen LogP contribution in [0.15, 0.2) is 24.3 Å². The SMILES string of the molecule is COC(=O)c1ccc(CN2CCCCC2)cc1.Cl. The van der Waals surface area contributed by atoms with Gasteiger partial charge in [0.2, 0.25) is 0 Å². The molecule has 0 radical (unpaired) electrons. The Hall–Kier alpha value is -1.06. The Morgan fingerprint density at radius 1 is 1.17 bits per heavy atom. The number of nitrogens with zero attached hydrogens (tertiary/aromatic N) is 1. The van der Waals surface area contributed by atoms with E-state index in [1.807, 2.05) is 24.3 Å². The summed E-state index contributed by atoms with van der Waals surface area (Å²) in [6.45, 7) is 3.37. The van der Waals surface area contributed by atoms with Crippen molar-refractivity contribution < 1.29 is 9.53 Å². The third kappa shape index (κ3) is 4.00. The highest BCUT2D eigenvalue weighted by atomic mass is 35.5. The van der Waals surface area contributed by atoms with Crippen LogP contribution < -0.4 is 0 Å². The van der Waals surface area contributed by atoms with Crippen LogP contribution in [0, 0.1) is 0 Å². The van der Waals surface area contributed by atoms with Crippen LogP contribution in [0.1, 0.15) is 35.2 Å². The number of piperidine rings is 1. The first kappa shape index (κ1) is 15.0. The number of hydrogen-bond acceptors (Lipinski definition) is 3. The summed E-state index contributed by atoms with van der Waals surface area (Å²) in [5.74, 6) is -0.269. The Labute approximate surface area is 115 Å². The molecule has 0 bridgehead atoms. The zero-order valence-corrected chi connectivity index (χ0v) is 11.5. The van der Waals surface area contributed by atoms with Crippen LogP contribution in [-0.4, -0.2) is 31.1 Å². The summed E-state index contributed by atoms with van der Waals surface area (Å²) in [7, 11) is 1.41. The van der Waals surface area contributed by atoms with Crippen LogP contribution in [0.25, 0.3) is 0 Å². The fourth-order valence-electron chi connectivity index (χ4n) is 2.24. The lowest BCUT2D eigenvalue weighted by molar-refractivity contribution is 0.0600. The van der Waals surface area contributed by atoms with E-state index < -0.39 is 0 Å². The van der Waals surface area contributed by atoms with Crippen molar-refractivity contribution in [3.8, 4) is 0 Å². The maximum Gasteiger partial charge on any atom is 0.337 e. The second-order valence-electron chi connectivity index (χ2n) is 4.53. The number of rotatable bonds is 3. The Balaban J connectivity index is 0.00000162. The number of likely N-dealkylation sites (tertiary alicyclic amines) is 1. The van der Waals surface area contributed by atoms with Crippen molar-refractivity contribution in [3.05, 3.63) is 35.4 Å². The van der Waals surface area contributed by atoms with Crippen LogP contribution >= 0.6 is 12.4 Å². The molecule has 1 aromatic rings. The maximum absolute atomic E-state index is 11.3. The first-order chi connectivity index (χ1) is 8.29. The minimum atomic E-state index is -0.269. The van der Waals surface area contributed by atoms with Crippen LogP contribution in [0.5, 0.6) is 0 Å². The lowest BCUT2D eigenvalue weighted by Crippen LogP contribution is -2.29. The highest BCUT2D eigenvalue weighted by molar-refractivity contribution is 5.89. The molecule has 1 aromatic carbocycles. The number of carbonyl (C=O) groups is 1. The van der Waals surface area contributed by atoms with E-state index in [9.17, 15) is 4.79 Å². The molecule has 0 atom stereocenters. The van der Waals surface area contributed by atoms with Gasteiger partial charge in [0.05, 0.1) is 12.7 Å². The Morgan fingerprint density at radius 2 is 1.78 bits per heavy atom. The van der Waals surface area contributed by atoms with E-state index in [0.29, 0.717) is 5.56 Å². The van der Waals surface area contributed by atoms with E-state index in [4.69, 9.17) is 0 Å². The summed E-state index contributed by atoms with van der Waals surface area (Å²) < 4.78 is 4.68. The zero-order valence-electron chi connectivity index (χ0n) is 10.7. The molecule has 1 saturated heterocycles. The van der Waals surface area contributed by atoms with E-state index in [-0.39, 0.29) is 18.4 Å². The third-order valence-electron chi connectivity index (χ3n) is 3.23. The van der Waals surface area contributed by atoms with Gasteiger partial charge < -0.3 is 4.74 Å². The predicted octanol–water partition coefficient (Wildman–Crippen LogP) is 2.88. The van der Waals surface area contributed by atoms with Gasteiger partial charge in [-0.2, -0.15) is 0 Å². The molecule has 0 spiro atoms. The molecule has 1 aliphatic heterocycles. The van der Waals surface area contributed by atoms with Gasteiger partial charge in [-0.25, -0.2) is 4.79 Å². The second kappa shape index (κ2) is 7.39. The third-order valence-corrected chi connectivity index (χ3v) is 3.23. The first-order valence-electron chi connectivity index (χ1n) is 6.19. The van der Waals surface area contributed by atoms with E-state index in [1.54, 1.807) is 0 Å². The van der Waals surface area contributed by atoms with Crippen molar-refractivity contribution in [2.75, 3.05) is 20.2 Å². The molecule has 4 heteroatoms. The molecule has 0 saturated carbocycles. The van der Waals surface area contributed by atoms with E-state index in [1.165, 1.54) is 45.0 Å². The van der Waals surface area contributed by atoms with Gasteiger partial charge in [-0.1, -0.05) is 18.6 Å². The van der Waals surface area contributed by atoms with Crippen molar-refractivity contribution in [2.24, 2.45) is 0 Å². The number of methoxy groups -OCH3 is 1. The highest BCUT2D eigenvalue weighted by Crippen LogP contribution is 2.13. The summed E-state index contributed by atoms with van der Waals surface area (Å²) in [6, 6.07) is 7.71. The lowest BCUT2D eigenvalue weighted by atomic mass is 10.1. The number of carbonyl (C=O) groups excluding carboxylic acids is 1. The molecule has 0 N–H and O–H groups in total. The van der Waals surface area contributed by atoms with Crippen molar-refractivity contribution in [3.63, 3.8) is 0 Å². The fourth-order valence-corrected chi connectivity index (χ4v) is 2.24. The fraction of sp³-hybridized carbons (Fsp3) is 0.500. The molecule has 1 heterocycles. The topological polar surface area (TPSA) is 29.5 Å². The summed E-state index contributed by atoms with van der Waals surface area (Å²) in [5, 5.41) is 0. The summed E-state index contributed by atoms with van der Waals surface area (Å²) >= 11 is 0. The van der Waals surface area contributed by atoms with Crippen molar-refractivity contribution in [2.45, 2.75) is 25.8 Å². The van der Waals surface area contributed by atoms with Crippen LogP contribution in [0.3, 0.4) is 0 Å². The molecule has 1 fully saturated rings. The maximum atomic E-state index is 11.3. The second-order valence-corrected chi connectivity index (χ2v) is 4.53. The molecule has 2 rings (SSSR count). The molecule has 100 valence electrons. The molecule has 0 amide bonds. The number of benzene rings is 1. The summed E-state index contributed by atoms with van der Waals surface area (Å²) in [4.78, 5) is 13.8. The number of esters is 1. The molecule has 3 nitrogen and oxygen atoms in total. The Morgan fingerprint density at radius 3 is 2.33 bits per heavy atom. The van der Waals surface area contributed by atoms with Gasteiger partial charge in [0.1, 0.15) is 0 Å². The van der Waals surface area contributed by atoms with Crippen LogP contribution in [-0.2, 0) is 11.3 Å². The number of halogens is 1. The van der Waals surface area contributed by atoms with Crippen molar-refractivity contribution in [1.29, 1.82) is 0 Å². The van der Waals surface area contributed by atoms with E-state index >= 15 is 0 Å². The van der Waals surface area contributed by atoms with Gasteiger partial charge in [0.25, 0.3) is 0 Å². The summed E-state index contributed by atoms with van der Waals surface area (Å²) in [5.41, 5.74) is 1.88. The highest BCUT2D eigenvalue weighted by Gasteiger charge is 2.11. The number of ether oxygens (including phenoxy) is 1. The quantitative estimate of drug-likeness (QED) is 0.791. The van der Waals surface area contributed by atoms with Crippen LogP contribution in [0.4, 0.5) is 0 Å². The monoisotopic (exact) mass is 269 g/mol. The molecule has 1 aliphatic rings. The van der Waals surface area contributed by atoms with Crippen molar-refractivity contribution >= 4 is 18.4 Å². The smallest absolute Gasteiger partial charge is 0.337 e. The molecular weight excluding hydrogens is 250 g/mol. The predicted molar refractivity (Wildman–Crippen MR) is 74.2 cm³/mol.